The minimum Gasteiger partial charge on any atom is -0.315 e. The van der Waals surface area contributed by atoms with E-state index in [2.05, 4.69) is 18.3 Å². The predicted molar refractivity (Wildman–Crippen MR) is 93.9 cm³/mol. The van der Waals surface area contributed by atoms with Gasteiger partial charge in [0.15, 0.2) is 0 Å². The van der Waals surface area contributed by atoms with Crippen molar-refractivity contribution in [3.05, 3.63) is 51.9 Å². The molecule has 0 fully saturated rings. The topological polar surface area (TPSA) is 52.9 Å². The molecule has 23 heavy (non-hydrogen) atoms. The summed E-state index contributed by atoms with van der Waals surface area (Å²) < 4.78 is 0. The lowest BCUT2D eigenvalue weighted by molar-refractivity contribution is -0.115. The van der Waals surface area contributed by atoms with Crippen LogP contribution in [-0.2, 0) is 17.6 Å². The molecule has 0 spiro atoms. The first-order valence-electron chi connectivity index (χ1n) is 7.64. The van der Waals surface area contributed by atoms with Crippen LogP contribution in [0.15, 0.2) is 30.3 Å². The van der Waals surface area contributed by atoms with Crippen LogP contribution in [0.2, 0.25) is 0 Å². The van der Waals surface area contributed by atoms with Gasteiger partial charge in [0.25, 0.3) is 0 Å². The van der Waals surface area contributed by atoms with E-state index in [9.17, 15) is 10.1 Å². The molecule has 0 radical (unpaired) electrons. The van der Waals surface area contributed by atoms with Crippen molar-refractivity contribution < 1.29 is 4.79 Å². The van der Waals surface area contributed by atoms with Gasteiger partial charge in [-0.3, -0.25) is 4.79 Å². The fourth-order valence-electron chi connectivity index (χ4n) is 2.91. The number of nitriles is 1. The largest absolute Gasteiger partial charge is 0.315 e. The van der Waals surface area contributed by atoms with Crippen LogP contribution in [0.25, 0.3) is 0 Å². The molecule has 5 heteroatoms. The standard InChI is InChI=1S/C18H17ClN2OS/c1-11-7-8-13-14(10-20)18(23-15(13)9-11)21-17(22)16(19)12-5-3-2-4-6-12/h2-6,11,16H,7-9H2,1H3,(H,21,22)/t11-,16+/m1/s1. The smallest absolute Gasteiger partial charge is 0.247 e. The van der Waals surface area contributed by atoms with Crippen molar-refractivity contribution >= 4 is 33.8 Å². The lowest BCUT2D eigenvalue weighted by atomic mass is 9.88. The number of alkyl halides is 1. The second kappa shape index (κ2) is 6.74. The van der Waals surface area contributed by atoms with Gasteiger partial charge in [-0.2, -0.15) is 5.26 Å². The zero-order chi connectivity index (χ0) is 16.4. The molecule has 0 saturated carbocycles. The van der Waals surface area contributed by atoms with Crippen LogP contribution in [0.3, 0.4) is 0 Å². The van der Waals surface area contributed by atoms with E-state index < -0.39 is 5.38 Å². The number of benzene rings is 1. The Labute approximate surface area is 144 Å². The summed E-state index contributed by atoms with van der Waals surface area (Å²) in [5.41, 5.74) is 2.47. The molecule has 3 nitrogen and oxygen atoms in total. The summed E-state index contributed by atoms with van der Waals surface area (Å²) in [4.78, 5) is 13.6. The van der Waals surface area contributed by atoms with Gasteiger partial charge in [-0.05, 0) is 36.3 Å². The summed E-state index contributed by atoms with van der Waals surface area (Å²) >= 11 is 7.78. The van der Waals surface area contributed by atoms with Crippen LogP contribution in [0.5, 0.6) is 0 Å². The number of amides is 1. The van der Waals surface area contributed by atoms with E-state index in [0.717, 1.165) is 30.4 Å². The number of anilines is 1. The first-order valence-corrected chi connectivity index (χ1v) is 8.90. The van der Waals surface area contributed by atoms with Crippen LogP contribution in [0.1, 0.15) is 40.3 Å². The molecule has 2 atom stereocenters. The molecule has 1 aromatic heterocycles. The number of rotatable bonds is 3. The summed E-state index contributed by atoms with van der Waals surface area (Å²) in [6.45, 7) is 2.22. The molecule has 0 aliphatic heterocycles. The molecule has 1 aromatic carbocycles. The molecule has 1 amide bonds. The summed E-state index contributed by atoms with van der Waals surface area (Å²) in [6.07, 6.45) is 2.98. The molecule has 1 aliphatic carbocycles. The van der Waals surface area contributed by atoms with Crippen molar-refractivity contribution in [1.82, 2.24) is 0 Å². The summed E-state index contributed by atoms with van der Waals surface area (Å²) in [7, 11) is 0. The molecular formula is C18H17ClN2OS. The molecule has 2 aromatic rings. The fraction of sp³-hybridized carbons (Fsp3) is 0.333. The van der Waals surface area contributed by atoms with Crippen molar-refractivity contribution in [1.29, 1.82) is 5.26 Å². The van der Waals surface area contributed by atoms with Crippen LogP contribution < -0.4 is 5.32 Å². The monoisotopic (exact) mass is 344 g/mol. The minimum atomic E-state index is -0.763. The third kappa shape index (κ3) is 3.26. The van der Waals surface area contributed by atoms with Gasteiger partial charge in [-0.25, -0.2) is 0 Å². The number of carbonyl (C=O) groups excluding carboxylic acids is 1. The van der Waals surface area contributed by atoms with Crippen LogP contribution in [0, 0.1) is 17.2 Å². The number of thiophene rings is 1. The molecule has 1 heterocycles. The highest BCUT2D eigenvalue weighted by atomic mass is 35.5. The highest BCUT2D eigenvalue weighted by Crippen LogP contribution is 2.39. The molecule has 0 saturated heterocycles. The number of halogens is 1. The van der Waals surface area contributed by atoms with Gasteiger partial charge in [-0.1, -0.05) is 37.3 Å². The molecule has 0 unspecified atom stereocenters. The number of hydrogen-bond donors (Lipinski definition) is 1. The van der Waals surface area contributed by atoms with E-state index in [-0.39, 0.29) is 5.91 Å². The SMILES string of the molecule is C[C@@H]1CCc2c(sc(NC(=O)[C@@H](Cl)c3ccccc3)c2C#N)C1. The first kappa shape index (κ1) is 16.0. The number of hydrogen-bond acceptors (Lipinski definition) is 3. The summed E-state index contributed by atoms with van der Waals surface area (Å²) in [6, 6.07) is 11.5. The van der Waals surface area contributed by atoms with E-state index in [1.54, 1.807) is 0 Å². The number of nitrogens with zero attached hydrogens (tertiary/aromatic N) is 1. The van der Waals surface area contributed by atoms with Gasteiger partial charge in [0.05, 0.1) is 5.56 Å². The van der Waals surface area contributed by atoms with E-state index in [4.69, 9.17) is 11.6 Å². The fourth-order valence-corrected chi connectivity index (χ4v) is 4.47. The highest BCUT2D eigenvalue weighted by molar-refractivity contribution is 7.16. The predicted octanol–water partition coefficient (Wildman–Crippen LogP) is 4.66. The van der Waals surface area contributed by atoms with Crippen LogP contribution >= 0.6 is 22.9 Å². The molecule has 1 N–H and O–H groups in total. The van der Waals surface area contributed by atoms with Gasteiger partial charge < -0.3 is 5.32 Å². The van der Waals surface area contributed by atoms with E-state index in [1.807, 2.05) is 30.3 Å². The average Bonchev–Trinajstić information content (AvgIpc) is 2.90. The van der Waals surface area contributed by atoms with E-state index >= 15 is 0 Å². The van der Waals surface area contributed by atoms with Gasteiger partial charge in [0, 0.05) is 4.88 Å². The Morgan fingerprint density at radius 3 is 2.87 bits per heavy atom. The first-order chi connectivity index (χ1) is 11.1. The quantitative estimate of drug-likeness (QED) is 0.823. The Morgan fingerprint density at radius 2 is 2.17 bits per heavy atom. The average molecular weight is 345 g/mol. The van der Waals surface area contributed by atoms with Crippen molar-refractivity contribution in [2.45, 2.75) is 31.6 Å². The van der Waals surface area contributed by atoms with E-state index in [0.29, 0.717) is 16.5 Å². The normalized spacial score (nSPS) is 17.9. The van der Waals surface area contributed by atoms with E-state index in [1.165, 1.54) is 16.2 Å². The molecule has 1 aliphatic rings. The Morgan fingerprint density at radius 1 is 1.43 bits per heavy atom. The molecule has 0 bridgehead atoms. The Kier molecular flexibility index (Phi) is 4.70. The Balaban J connectivity index is 1.83. The maximum absolute atomic E-state index is 12.4. The second-order valence-electron chi connectivity index (χ2n) is 5.93. The maximum Gasteiger partial charge on any atom is 0.247 e. The van der Waals surface area contributed by atoms with Crippen molar-refractivity contribution in [2.24, 2.45) is 5.92 Å². The maximum atomic E-state index is 12.4. The molecule has 118 valence electrons. The van der Waals surface area contributed by atoms with Crippen molar-refractivity contribution in [2.75, 3.05) is 5.32 Å². The molecule has 3 rings (SSSR count). The zero-order valence-electron chi connectivity index (χ0n) is 12.8. The number of carbonyl (C=O) groups is 1. The zero-order valence-corrected chi connectivity index (χ0v) is 14.4. The third-order valence-corrected chi connectivity index (χ3v) is 5.80. The Hall–Kier alpha value is -1.83. The summed E-state index contributed by atoms with van der Waals surface area (Å²) in [5.74, 6) is 0.336. The Bertz CT molecular complexity index is 763. The van der Waals surface area contributed by atoms with Gasteiger partial charge >= 0.3 is 0 Å². The van der Waals surface area contributed by atoms with Crippen LogP contribution in [0.4, 0.5) is 5.00 Å². The van der Waals surface area contributed by atoms with Crippen molar-refractivity contribution in [3.8, 4) is 6.07 Å². The molecular weight excluding hydrogens is 328 g/mol. The second-order valence-corrected chi connectivity index (χ2v) is 7.47. The highest BCUT2D eigenvalue weighted by Gasteiger charge is 2.26. The number of nitrogens with one attached hydrogen (secondary N) is 1. The summed E-state index contributed by atoms with van der Waals surface area (Å²) in [5, 5.41) is 12.2. The van der Waals surface area contributed by atoms with Gasteiger partial charge in [-0.15, -0.1) is 22.9 Å². The lowest BCUT2D eigenvalue weighted by Gasteiger charge is -2.17. The number of fused-ring (bicyclic) bond motifs is 1. The third-order valence-electron chi connectivity index (χ3n) is 4.18. The lowest BCUT2D eigenvalue weighted by Crippen LogP contribution is -2.17. The van der Waals surface area contributed by atoms with Crippen molar-refractivity contribution in [3.63, 3.8) is 0 Å². The van der Waals surface area contributed by atoms with Gasteiger partial charge in [0.2, 0.25) is 5.91 Å². The minimum absolute atomic E-state index is 0.291. The van der Waals surface area contributed by atoms with Gasteiger partial charge in [0.1, 0.15) is 16.4 Å². The van der Waals surface area contributed by atoms with Crippen LogP contribution in [-0.4, -0.2) is 5.91 Å².